The van der Waals surface area contributed by atoms with E-state index in [2.05, 4.69) is 27.8 Å². The van der Waals surface area contributed by atoms with Crippen LogP contribution in [0.2, 0.25) is 0 Å². The second kappa shape index (κ2) is 7.09. The zero-order chi connectivity index (χ0) is 17.0. The van der Waals surface area contributed by atoms with E-state index in [1.165, 1.54) is 13.5 Å². The minimum absolute atomic E-state index is 0.250. The summed E-state index contributed by atoms with van der Waals surface area (Å²) in [6.07, 6.45) is 5.48. The third-order valence-electron chi connectivity index (χ3n) is 4.66. The van der Waals surface area contributed by atoms with Crippen LogP contribution in [0.5, 0.6) is 0 Å². The van der Waals surface area contributed by atoms with Crippen LogP contribution in [-0.2, 0) is 10.3 Å². The topological polar surface area (TPSA) is 81.9 Å². The number of carbonyl (C=O) groups excluding carboxylic acids is 1. The highest BCUT2D eigenvalue weighted by molar-refractivity contribution is 5.93. The summed E-state index contributed by atoms with van der Waals surface area (Å²) in [4.78, 5) is 12.1. The van der Waals surface area contributed by atoms with E-state index in [4.69, 9.17) is 4.74 Å². The highest BCUT2D eigenvalue weighted by atomic mass is 16.5. The van der Waals surface area contributed by atoms with Crippen LogP contribution >= 0.6 is 0 Å². The van der Waals surface area contributed by atoms with Gasteiger partial charge in [0.05, 0.1) is 23.9 Å². The minimum Gasteiger partial charge on any atom is -0.465 e. The summed E-state index contributed by atoms with van der Waals surface area (Å²) in [6.45, 7) is 2.93. The van der Waals surface area contributed by atoms with Gasteiger partial charge in [0.1, 0.15) is 0 Å². The van der Waals surface area contributed by atoms with Gasteiger partial charge in [0.15, 0.2) is 5.82 Å². The fourth-order valence-corrected chi connectivity index (χ4v) is 3.56. The first kappa shape index (κ1) is 16.6. The van der Waals surface area contributed by atoms with Gasteiger partial charge in [0.25, 0.3) is 0 Å². The Morgan fingerprint density at radius 1 is 1.29 bits per heavy atom. The Kier molecular flexibility index (Phi) is 4.89. The van der Waals surface area contributed by atoms with Gasteiger partial charge in [-0.25, -0.2) is 4.79 Å². The van der Waals surface area contributed by atoms with Crippen LogP contribution in [0.3, 0.4) is 0 Å². The molecule has 0 spiro atoms. The molecule has 1 aliphatic rings. The molecule has 1 aliphatic carbocycles. The van der Waals surface area contributed by atoms with E-state index in [1.807, 2.05) is 12.1 Å². The fourth-order valence-electron chi connectivity index (χ4n) is 3.56. The Morgan fingerprint density at radius 2 is 2.04 bits per heavy atom. The van der Waals surface area contributed by atoms with E-state index in [0.29, 0.717) is 11.3 Å². The van der Waals surface area contributed by atoms with Gasteiger partial charge in [-0.1, -0.05) is 38.3 Å². The van der Waals surface area contributed by atoms with Crippen molar-refractivity contribution in [3.63, 3.8) is 0 Å². The molecule has 0 saturated heterocycles. The molecule has 128 valence electrons. The van der Waals surface area contributed by atoms with Crippen molar-refractivity contribution in [2.45, 2.75) is 44.6 Å². The molecule has 1 aromatic heterocycles. The first-order chi connectivity index (χ1) is 11.7. The predicted octanol–water partition coefficient (Wildman–Crippen LogP) is 2.22. The molecule has 24 heavy (non-hydrogen) atoms. The van der Waals surface area contributed by atoms with Gasteiger partial charge in [0, 0.05) is 0 Å². The zero-order valence-corrected chi connectivity index (χ0v) is 14.2. The maximum atomic E-state index is 12.1. The quantitative estimate of drug-likeness (QED) is 0.847. The number of esters is 1. The number of benzene rings is 1. The summed E-state index contributed by atoms with van der Waals surface area (Å²) < 4.78 is 6.58. The summed E-state index contributed by atoms with van der Waals surface area (Å²) in [6, 6.07) is 7.25. The van der Waals surface area contributed by atoms with Crippen LogP contribution in [0.25, 0.3) is 5.69 Å². The first-order valence-corrected chi connectivity index (χ1v) is 8.43. The largest absolute Gasteiger partial charge is 0.465 e. The smallest absolute Gasteiger partial charge is 0.340 e. The molecule has 1 fully saturated rings. The Morgan fingerprint density at radius 3 is 2.75 bits per heavy atom. The average molecular weight is 329 g/mol. The minimum atomic E-state index is -0.395. The molecule has 0 bridgehead atoms. The van der Waals surface area contributed by atoms with Gasteiger partial charge in [0.2, 0.25) is 0 Å². The van der Waals surface area contributed by atoms with Gasteiger partial charge < -0.3 is 10.1 Å². The molecular weight excluding hydrogens is 306 g/mol. The van der Waals surface area contributed by atoms with E-state index in [-0.39, 0.29) is 5.54 Å². The second-order valence-corrected chi connectivity index (χ2v) is 6.10. The second-order valence-electron chi connectivity index (χ2n) is 6.10. The van der Waals surface area contributed by atoms with Gasteiger partial charge in [-0.3, -0.25) is 0 Å². The maximum absolute atomic E-state index is 12.1. The molecule has 0 atom stereocenters. The number of methoxy groups -OCH3 is 1. The number of nitrogens with zero attached hydrogens (tertiary/aromatic N) is 4. The molecule has 0 amide bonds. The van der Waals surface area contributed by atoms with Crippen LogP contribution < -0.4 is 5.32 Å². The van der Waals surface area contributed by atoms with Crippen molar-refractivity contribution in [3.8, 4) is 5.69 Å². The summed E-state index contributed by atoms with van der Waals surface area (Å²) in [7, 11) is 1.38. The van der Waals surface area contributed by atoms with Crippen molar-refractivity contribution >= 4 is 5.97 Å². The van der Waals surface area contributed by atoms with E-state index in [0.717, 1.165) is 38.1 Å². The van der Waals surface area contributed by atoms with Crippen molar-refractivity contribution in [1.29, 1.82) is 0 Å². The molecule has 3 rings (SSSR count). The molecule has 7 nitrogen and oxygen atoms in total. The van der Waals surface area contributed by atoms with Crippen LogP contribution in [0, 0.1) is 0 Å². The van der Waals surface area contributed by atoms with Crippen LogP contribution in [-0.4, -0.2) is 39.8 Å². The van der Waals surface area contributed by atoms with Crippen LogP contribution in [0.15, 0.2) is 24.3 Å². The van der Waals surface area contributed by atoms with Crippen molar-refractivity contribution in [2.24, 2.45) is 0 Å². The molecule has 1 saturated carbocycles. The third-order valence-corrected chi connectivity index (χ3v) is 4.66. The van der Waals surface area contributed by atoms with Crippen molar-refractivity contribution in [3.05, 3.63) is 35.7 Å². The molecule has 0 aliphatic heterocycles. The van der Waals surface area contributed by atoms with Gasteiger partial charge in [-0.15, -0.1) is 5.10 Å². The Bertz CT molecular complexity index is 701. The molecule has 0 unspecified atom stereocenters. The molecule has 7 heteroatoms. The fraction of sp³-hybridized carbons (Fsp3) is 0.529. The number of hydrogen-bond donors (Lipinski definition) is 1. The van der Waals surface area contributed by atoms with E-state index >= 15 is 0 Å². The lowest BCUT2D eigenvalue weighted by Crippen LogP contribution is -2.46. The molecule has 2 aromatic rings. The first-order valence-electron chi connectivity index (χ1n) is 8.43. The Balaban J connectivity index is 2.09. The van der Waals surface area contributed by atoms with Crippen molar-refractivity contribution in [1.82, 2.24) is 25.5 Å². The number of hydrogen-bond acceptors (Lipinski definition) is 6. The number of nitrogens with one attached hydrogen (secondary N) is 1. The van der Waals surface area contributed by atoms with Crippen molar-refractivity contribution in [2.75, 3.05) is 13.7 Å². The number of tetrazole rings is 1. The van der Waals surface area contributed by atoms with E-state index in [9.17, 15) is 4.79 Å². The third kappa shape index (κ3) is 2.91. The van der Waals surface area contributed by atoms with Crippen molar-refractivity contribution < 1.29 is 9.53 Å². The van der Waals surface area contributed by atoms with Gasteiger partial charge >= 0.3 is 5.97 Å². The molecule has 1 aromatic carbocycles. The van der Waals surface area contributed by atoms with Gasteiger partial charge in [-0.05, 0) is 41.9 Å². The summed E-state index contributed by atoms with van der Waals surface area (Å²) in [5.41, 5.74) is 0.850. The number of para-hydroxylation sites is 1. The number of carbonyl (C=O) groups is 1. The standard InChI is InChI=1S/C17H23N5O2/c1-3-18-17(11-7-4-8-12-17)16-19-20-21-22(16)14-10-6-5-9-13(14)15(23)24-2/h5-6,9-10,18H,3-4,7-8,11-12H2,1-2H3. The molecular formula is C17H23N5O2. The lowest BCUT2D eigenvalue weighted by Gasteiger charge is -2.36. The van der Waals surface area contributed by atoms with Crippen LogP contribution in [0.1, 0.15) is 55.2 Å². The van der Waals surface area contributed by atoms with E-state index < -0.39 is 5.97 Å². The highest BCUT2D eigenvalue weighted by Gasteiger charge is 2.38. The normalized spacial score (nSPS) is 16.8. The summed E-state index contributed by atoms with van der Waals surface area (Å²) >= 11 is 0. The summed E-state index contributed by atoms with van der Waals surface area (Å²) in [5.74, 6) is 0.369. The van der Waals surface area contributed by atoms with Gasteiger partial charge in [-0.2, -0.15) is 4.68 Å². The highest BCUT2D eigenvalue weighted by Crippen LogP contribution is 2.36. The number of aromatic nitrogens is 4. The average Bonchev–Trinajstić information content (AvgIpc) is 3.12. The Hall–Kier alpha value is -2.28. The van der Waals surface area contributed by atoms with Crippen LogP contribution in [0.4, 0.5) is 0 Å². The molecule has 1 heterocycles. The monoisotopic (exact) mass is 329 g/mol. The maximum Gasteiger partial charge on any atom is 0.340 e. The predicted molar refractivity (Wildman–Crippen MR) is 88.9 cm³/mol. The molecule has 1 N–H and O–H groups in total. The lowest BCUT2D eigenvalue weighted by molar-refractivity contribution is 0.0600. The zero-order valence-electron chi connectivity index (χ0n) is 14.2. The summed E-state index contributed by atoms with van der Waals surface area (Å²) in [5, 5.41) is 16.0. The SMILES string of the molecule is CCNC1(c2nnnn2-c2ccccc2C(=O)OC)CCCCC1. The molecule has 0 radical (unpaired) electrons. The van der Waals surface area contributed by atoms with E-state index in [1.54, 1.807) is 16.8 Å². The number of ether oxygens (including phenoxy) is 1. The Labute approximate surface area is 141 Å². The number of rotatable bonds is 5. The lowest BCUT2D eigenvalue weighted by atomic mass is 9.80.